The minimum atomic E-state index is -3.36. The van der Waals surface area contributed by atoms with Crippen molar-refractivity contribution < 1.29 is 18.3 Å². The quantitative estimate of drug-likeness (QED) is 0.579. The Hall–Kier alpha value is -2.71. The van der Waals surface area contributed by atoms with Gasteiger partial charge in [-0.25, -0.2) is 8.42 Å². The number of amides is 1. The molecule has 38 heavy (non-hydrogen) atoms. The number of hydrogen-bond donors (Lipinski definition) is 1. The van der Waals surface area contributed by atoms with E-state index in [1.165, 1.54) is 0 Å². The van der Waals surface area contributed by atoms with Crippen LogP contribution in [0.1, 0.15) is 57.1 Å². The first-order chi connectivity index (χ1) is 18.1. The number of aliphatic hydroxyl groups is 1. The average Bonchev–Trinajstić information content (AvgIpc) is 3.82. The van der Waals surface area contributed by atoms with Gasteiger partial charge in [0, 0.05) is 31.1 Å². The molecule has 1 unspecified atom stereocenters. The lowest BCUT2D eigenvalue weighted by atomic mass is 9.98. The Labute approximate surface area is 225 Å². The van der Waals surface area contributed by atoms with Gasteiger partial charge in [0.2, 0.25) is 5.91 Å². The van der Waals surface area contributed by atoms with Gasteiger partial charge in [-0.2, -0.15) is 0 Å². The molecule has 2 saturated carbocycles. The predicted molar refractivity (Wildman–Crippen MR) is 148 cm³/mol. The van der Waals surface area contributed by atoms with Crippen molar-refractivity contribution >= 4 is 21.6 Å². The Balaban J connectivity index is 1.25. The highest BCUT2D eigenvalue weighted by Gasteiger charge is 2.57. The monoisotopic (exact) mass is 535 g/mol. The van der Waals surface area contributed by atoms with Crippen LogP contribution in [0.5, 0.6) is 0 Å². The molecule has 2 aromatic rings. The number of hydrogen-bond acceptors (Lipinski definition) is 6. The van der Waals surface area contributed by atoms with Gasteiger partial charge in [0.25, 0.3) is 0 Å². The second-order valence-electron chi connectivity index (χ2n) is 11.9. The minimum Gasteiger partial charge on any atom is -0.371 e. The number of sulfone groups is 1. The molecule has 1 amide bonds. The van der Waals surface area contributed by atoms with Crippen LogP contribution in [-0.4, -0.2) is 71.7 Å². The lowest BCUT2D eigenvalue weighted by Crippen LogP contribution is -2.44. The van der Waals surface area contributed by atoms with Crippen LogP contribution in [0, 0.1) is 18.8 Å². The number of amidine groups is 1. The highest BCUT2D eigenvalue weighted by atomic mass is 32.2. The van der Waals surface area contributed by atoms with Crippen molar-refractivity contribution in [2.24, 2.45) is 16.8 Å². The summed E-state index contributed by atoms with van der Waals surface area (Å²) in [7, 11) is -3.36. The maximum atomic E-state index is 12.7. The summed E-state index contributed by atoms with van der Waals surface area (Å²) in [5.41, 5.74) is 3.43. The molecular weight excluding hydrogens is 498 g/mol. The smallest absolute Gasteiger partial charge is 0.225 e. The van der Waals surface area contributed by atoms with Crippen molar-refractivity contribution in [3.63, 3.8) is 0 Å². The van der Waals surface area contributed by atoms with Crippen LogP contribution in [-0.2, 0) is 14.6 Å². The topological polar surface area (TPSA) is 90.3 Å². The summed E-state index contributed by atoms with van der Waals surface area (Å²) in [6.45, 7) is 7.69. The SMILES string of the molecule is Cc1cc(-c2cccc(S(=O)(=O)C(C)C)c2)ccc1C1=NC2(CC2)C(O)N1C[C@@H]1CCN(C(=O)C2CC2)C1. The maximum Gasteiger partial charge on any atom is 0.225 e. The van der Waals surface area contributed by atoms with E-state index in [-0.39, 0.29) is 5.92 Å². The van der Waals surface area contributed by atoms with Crippen molar-refractivity contribution in [3.8, 4) is 11.1 Å². The maximum absolute atomic E-state index is 12.7. The van der Waals surface area contributed by atoms with E-state index in [1.54, 1.807) is 32.0 Å². The molecule has 1 saturated heterocycles. The van der Waals surface area contributed by atoms with Gasteiger partial charge in [-0.3, -0.25) is 9.79 Å². The number of carbonyl (C=O) groups is 1. The first kappa shape index (κ1) is 25.6. The van der Waals surface area contributed by atoms with Crippen LogP contribution < -0.4 is 0 Å². The normalized spacial score (nSPS) is 24.4. The Morgan fingerprint density at radius 1 is 1.11 bits per heavy atom. The fraction of sp³-hybridized carbons (Fsp3) is 0.533. The lowest BCUT2D eigenvalue weighted by molar-refractivity contribution is -0.131. The van der Waals surface area contributed by atoms with Crippen molar-refractivity contribution in [2.75, 3.05) is 19.6 Å². The third-order valence-corrected chi connectivity index (χ3v) is 10.9. The van der Waals surface area contributed by atoms with Crippen molar-refractivity contribution in [1.29, 1.82) is 0 Å². The molecule has 8 heteroatoms. The van der Waals surface area contributed by atoms with E-state index in [2.05, 4.69) is 11.0 Å². The molecule has 2 atom stereocenters. The minimum absolute atomic E-state index is 0.241. The highest BCUT2D eigenvalue weighted by Crippen LogP contribution is 2.49. The predicted octanol–water partition coefficient (Wildman–Crippen LogP) is 4.02. The number of rotatable bonds is 7. The number of aliphatic hydroxyl groups excluding tert-OH is 1. The van der Waals surface area contributed by atoms with Gasteiger partial charge in [0.1, 0.15) is 11.4 Å². The molecule has 2 aliphatic heterocycles. The number of carbonyl (C=O) groups excluding carboxylic acids is 1. The number of aliphatic imine (C=N–C) groups is 1. The second-order valence-corrected chi connectivity index (χ2v) is 14.4. The zero-order chi connectivity index (χ0) is 26.8. The van der Waals surface area contributed by atoms with Crippen LogP contribution in [0.2, 0.25) is 0 Å². The molecule has 0 bridgehead atoms. The molecule has 2 aliphatic carbocycles. The molecule has 4 aliphatic rings. The largest absolute Gasteiger partial charge is 0.371 e. The van der Waals surface area contributed by atoms with E-state index in [1.807, 2.05) is 30.0 Å². The van der Waals surface area contributed by atoms with Crippen LogP contribution in [0.4, 0.5) is 0 Å². The molecule has 1 spiro atoms. The molecule has 0 radical (unpaired) electrons. The highest BCUT2D eigenvalue weighted by molar-refractivity contribution is 7.92. The second kappa shape index (κ2) is 9.19. The summed E-state index contributed by atoms with van der Waals surface area (Å²) in [6.07, 6.45) is 4.14. The van der Waals surface area contributed by atoms with Gasteiger partial charge < -0.3 is 14.9 Å². The van der Waals surface area contributed by atoms with Crippen molar-refractivity contribution in [2.45, 2.75) is 74.8 Å². The molecule has 3 fully saturated rings. The van der Waals surface area contributed by atoms with Gasteiger partial charge in [0.05, 0.1) is 10.1 Å². The molecular formula is C30H37N3O4S. The Morgan fingerprint density at radius 3 is 2.50 bits per heavy atom. The van der Waals surface area contributed by atoms with E-state index in [9.17, 15) is 18.3 Å². The van der Waals surface area contributed by atoms with Crippen molar-refractivity contribution in [1.82, 2.24) is 9.80 Å². The molecule has 6 rings (SSSR count). The first-order valence-corrected chi connectivity index (χ1v) is 15.4. The molecule has 0 aromatic heterocycles. The van der Waals surface area contributed by atoms with Gasteiger partial charge in [-0.15, -0.1) is 0 Å². The molecule has 1 N–H and O–H groups in total. The van der Waals surface area contributed by atoms with Gasteiger partial charge >= 0.3 is 0 Å². The Kier molecular flexibility index (Phi) is 6.18. The van der Waals surface area contributed by atoms with Gasteiger partial charge in [0.15, 0.2) is 16.1 Å². The van der Waals surface area contributed by atoms with Gasteiger partial charge in [-0.05, 0) is 87.6 Å². The molecule has 2 heterocycles. The number of nitrogens with zero attached hydrogens (tertiary/aromatic N) is 3. The Bertz CT molecular complexity index is 1410. The van der Waals surface area contributed by atoms with E-state index in [4.69, 9.17) is 4.99 Å². The summed E-state index contributed by atoms with van der Waals surface area (Å²) in [6, 6.07) is 13.3. The van der Waals surface area contributed by atoms with E-state index < -0.39 is 26.9 Å². The fourth-order valence-electron chi connectivity index (χ4n) is 5.91. The number of benzene rings is 2. The lowest BCUT2D eigenvalue weighted by Gasteiger charge is -2.30. The summed E-state index contributed by atoms with van der Waals surface area (Å²) in [4.78, 5) is 22.0. The summed E-state index contributed by atoms with van der Waals surface area (Å²) >= 11 is 0. The standard InChI is InChI=1S/C30H37N3O4S/c1-19(2)38(36,37)25-6-4-5-23(16-25)24-9-10-26(20(3)15-24)27-31-30(12-13-30)29(35)33(27)18-21-11-14-32(17-21)28(34)22-7-8-22/h4-6,9-10,15-16,19,21-22,29,35H,7-8,11-14,17-18H2,1-3H3/t21-,29?/m1/s1. The van der Waals surface area contributed by atoms with E-state index in [0.29, 0.717) is 23.3 Å². The van der Waals surface area contributed by atoms with Crippen LogP contribution in [0.3, 0.4) is 0 Å². The molecule has 7 nitrogen and oxygen atoms in total. The summed E-state index contributed by atoms with van der Waals surface area (Å²) < 4.78 is 25.4. The Morgan fingerprint density at radius 2 is 1.84 bits per heavy atom. The van der Waals surface area contributed by atoms with E-state index in [0.717, 1.165) is 73.3 Å². The third kappa shape index (κ3) is 4.45. The zero-order valence-corrected chi connectivity index (χ0v) is 23.2. The summed E-state index contributed by atoms with van der Waals surface area (Å²) in [5.74, 6) is 1.70. The van der Waals surface area contributed by atoms with E-state index >= 15 is 0 Å². The summed E-state index contributed by atoms with van der Waals surface area (Å²) in [5, 5.41) is 10.8. The van der Waals surface area contributed by atoms with Crippen molar-refractivity contribution in [3.05, 3.63) is 53.6 Å². The third-order valence-electron chi connectivity index (χ3n) is 8.70. The van der Waals surface area contributed by atoms with Gasteiger partial charge in [-0.1, -0.05) is 30.3 Å². The zero-order valence-electron chi connectivity index (χ0n) is 22.4. The number of aryl methyl sites for hydroxylation is 1. The number of likely N-dealkylation sites (tertiary alicyclic amines) is 1. The molecule has 2 aromatic carbocycles. The fourth-order valence-corrected chi connectivity index (χ4v) is 7.01. The first-order valence-electron chi connectivity index (χ1n) is 13.9. The average molecular weight is 536 g/mol. The van der Waals surface area contributed by atoms with Crippen LogP contribution in [0.15, 0.2) is 52.4 Å². The van der Waals surface area contributed by atoms with Crippen LogP contribution in [0.25, 0.3) is 11.1 Å². The molecule has 202 valence electrons. The van der Waals surface area contributed by atoms with Crippen LogP contribution >= 0.6 is 0 Å².